The van der Waals surface area contributed by atoms with Crippen molar-refractivity contribution in [1.29, 1.82) is 0 Å². The molecule has 0 unspecified atom stereocenters. The van der Waals surface area contributed by atoms with Crippen molar-refractivity contribution in [2.24, 2.45) is 5.92 Å². The van der Waals surface area contributed by atoms with Crippen LogP contribution in [0.4, 0.5) is 0 Å². The maximum Gasteiger partial charge on any atom is 0.227 e. The van der Waals surface area contributed by atoms with Gasteiger partial charge in [0.05, 0.1) is 6.42 Å². The Morgan fingerprint density at radius 3 is 2.52 bits per heavy atom. The molecule has 0 saturated carbocycles. The van der Waals surface area contributed by atoms with E-state index in [1.54, 1.807) is 12.1 Å². The third-order valence-corrected chi connectivity index (χ3v) is 6.06. The van der Waals surface area contributed by atoms with Gasteiger partial charge in [0.2, 0.25) is 5.91 Å². The van der Waals surface area contributed by atoms with Gasteiger partial charge in [0.1, 0.15) is 5.75 Å². The Kier molecular flexibility index (Phi) is 4.95. The van der Waals surface area contributed by atoms with Gasteiger partial charge in [0, 0.05) is 44.9 Å². The summed E-state index contributed by atoms with van der Waals surface area (Å²) in [5.74, 6) is 1.08. The maximum absolute atomic E-state index is 12.9. The molecular formula is C20H28N2O3. The number of amides is 1. The zero-order valence-electron chi connectivity index (χ0n) is 14.8. The van der Waals surface area contributed by atoms with Crippen LogP contribution in [0.15, 0.2) is 24.3 Å². The molecule has 0 aromatic heterocycles. The van der Waals surface area contributed by atoms with Crippen LogP contribution in [0.1, 0.15) is 31.2 Å². The van der Waals surface area contributed by atoms with E-state index >= 15 is 0 Å². The lowest BCUT2D eigenvalue weighted by atomic mass is 9.94. The molecule has 5 heteroatoms. The van der Waals surface area contributed by atoms with Gasteiger partial charge < -0.3 is 14.7 Å². The largest absolute Gasteiger partial charge is 0.508 e. The number of benzene rings is 1. The molecule has 5 rings (SSSR count). The molecule has 4 saturated heterocycles. The summed E-state index contributed by atoms with van der Waals surface area (Å²) in [6.45, 7) is 4.80. The highest BCUT2D eigenvalue weighted by Crippen LogP contribution is 2.31. The lowest BCUT2D eigenvalue weighted by Crippen LogP contribution is -2.49. The van der Waals surface area contributed by atoms with E-state index in [0.29, 0.717) is 24.4 Å². The van der Waals surface area contributed by atoms with Gasteiger partial charge in [-0.25, -0.2) is 0 Å². The van der Waals surface area contributed by atoms with Crippen molar-refractivity contribution in [3.63, 3.8) is 0 Å². The van der Waals surface area contributed by atoms with Crippen molar-refractivity contribution in [3.8, 4) is 5.75 Å². The lowest BCUT2D eigenvalue weighted by Gasteiger charge is -2.37. The molecule has 2 bridgehead atoms. The van der Waals surface area contributed by atoms with E-state index < -0.39 is 0 Å². The highest BCUT2D eigenvalue weighted by Gasteiger charge is 2.39. The van der Waals surface area contributed by atoms with Gasteiger partial charge in [0.15, 0.2) is 0 Å². The first-order chi connectivity index (χ1) is 12.2. The Morgan fingerprint density at radius 2 is 1.76 bits per heavy atom. The first kappa shape index (κ1) is 16.9. The minimum absolute atomic E-state index is 0.231. The van der Waals surface area contributed by atoms with Gasteiger partial charge in [-0.3, -0.25) is 9.69 Å². The fourth-order valence-electron chi connectivity index (χ4n) is 4.66. The summed E-state index contributed by atoms with van der Waals surface area (Å²) >= 11 is 0. The number of rotatable bonds is 3. The molecule has 5 nitrogen and oxygen atoms in total. The summed E-state index contributed by atoms with van der Waals surface area (Å²) < 4.78 is 5.52. The Labute approximate surface area is 149 Å². The van der Waals surface area contributed by atoms with Gasteiger partial charge in [-0.05, 0) is 49.3 Å². The SMILES string of the molecule is O=C(Cc1ccc(O)cc1)N1C[C@H]2CC[C@@H]1CN(C1CCOCC1)C2. The highest BCUT2D eigenvalue weighted by molar-refractivity contribution is 5.79. The second kappa shape index (κ2) is 7.34. The molecule has 0 aliphatic carbocycles. The molecule has 136 valence electrons. The second-order valence-electron chi connectivity index (χ2n) is 7.78. The quantitative estimate of drug-likeness (QED) is 0.912. The second-order valence-corrected chi connectivity index (χ2v) is 7.78. The van der Waals surface area contributed by atoms with E-state index in [9.17, 15) is 9.90 Å². The van der Waals surface area contributed by atoms with Gasteiger partial charge in [-0.15, -0.1) is 0 Å². The summed E-state index contributed by atoms with van der Waals surface area (Å²) in [5, 5.41) is 9.41. The molecule has 4 aliphatic rings. The summed E-state index contributed by atoms with van der Waals surface area (Å²) in [4.78, 5) is 17.7. The standard InChI is InChI=1S/C20H28N2O3/c23-19-5-2-15(3-6-19)11-20(24)22-13-16-1-4-18(22)14-21(12-16)17-7-9-25-10-8-17/h2-3,5-6,16-18,23H,1,4,7-14H2/t16-,18+/m0/s1. The van der Waals surface area contributed by atoms with Crippen molar-refractivity contribution < 1.29 is 14.6 Å². The first-order valence-electron chi connectivity index (χ1n) is 9.58. The first-order valence-corrected chi connectivity index (χ1v) is 9.58. The number of hydrogen-bond acceptors (Lipinski definition) is 4. The highest BCUT2D eigenvalue weighted by atomic mass is 16.5. The van der Waals surface area contributed by atoms with Crippen LogP contribution in [0, 0.1) is 5.92 Å². The van der Waals surface area contributed by atoms with E-state index in [1.165, 1.54) is 6.42 Å². The molecule has 4 heterocycles. The monoisotopic (exact) mass is 344 g/mol. The Hall–Kier alpha value is -1.59. The van der Waals surface area contributed by atoms with Crippen LogP contribution in [0.3, 0.4) is 0 Å². The average molecular weight is 344 g/mol. The molecule has 1 aromatic carbocycles. The van der Waals surface area contributed by atoms with Crippen LogP contribution in [0.2, 0.25) is 0 Å². The topological polar surface area (TPSA) is 53.0 Å². The minimum atomic E-state index is 0.231. The van der Waals surface area contributed by atoms with Gasteiger partial charge >= 0.3 is 0 Å². The summed E-state index contributed by atoms with van der Waals surface area (Å²) in [6.07, 6.45) is 5.06. The van der Waals surface area contributed by atoms with Gasteiger partial charge in [-0.2, -0.15) is 0 Å². The van der Waals surface area contributed by atoms with Crippen LogP contribution >= 0.6 is 0 Å². The van der Waals surface area contributed by atoms with Gasteiger partial charge in [-0.1, -0.05) is 12.1 Å². The van der Waals surface area contributed by atoms with Crippen LogP contribution in [0.25, 0.3) is 0 Å². The number of carbonyl (C=O) groups excluding carboxylic acids is 1. The molecule has 1 aromatic rings. The van der Waals surface area contributed by atoms with E-state index in [2.05, 4.69) is 9.80 Å². The van der Waals surface area contributed by atoms with Crippen molar-refractivity contribution >= 4 is 5.91 Å². The minimum Gasteiger partial charge on any atom is -0.508 e. The normalized spacial score (nSPS) is 28.1. The number of carbonyl (C=O) groups is 1. The molecule has 25 heavy (non-hydrogen) atoms. The molecule has 1 N–H and O–H groups in total. The fourth-order valence-corrected chi connectivity index (χ4v) is 4.66. The number of hydrogen-bond donors (Lipinski definition) is 1. The lowest BCUT2D eigenvalue weighted by molar-refractivity contribution is -0.134. The van der Waals surface area contributed by atoms with Crippen LogP contribution in [0.5, 0.6) is 5.75 Å². The van der Waals surface area contributed by atoms with Crippen molar-refractivity contribution in [2.75, 3.05) is 32.8 Å². The van der Waals surface area contributed by atoms with E-state index in [-0.39, 0.29) is 11.7 Å². The van der Waals surface area contributed by atoms with Gasteiger partial charge in [0.25, 0.3) is 0 Å². The molecule has 0 spiro atoms. The van der Waals surface area contributed by atoms with E-state index in [4.69, 9.17) is 4.74 Å². The number of nitrogens with zero attached hydrogens (tertiary/aromatic N) is 2. The van der Waals surface area contributed by atoms with Crippen LogP contribution in [-0.4, -0.2) is 65.7 Å². The summed E-state index contributed by atoms with van der Waals surface area (Å²) in [5.41, 5.74) is 0.976. The summed E-state index contributed by atoms with van der Waals surface area (Å²) in [6, 6.07) is 7.99. The average Bonchev–Trinajstić information content (AvgIpc) is 2.96. The molecule has 1 amide bonds. The molecule has 4 fully saturated rings. The Morgan fingerprint density at radius 1 is 1.00 bits per heavy atom. The Bertz CT molecular complexity index is 597. The maximum atomic E-state index is 12.9. The van der Waals surface area contributed by atoms with Crippen LogP contribution < -0.4 is 0 Å². The molecular weight excluding hydrogens is 316 g/mol. The zero-order chi connectivity index (χ0) is 17.2. The van der Waals surface area contributed by atoms with E-state index in [1.807, 2.05) is 12.1 Å². The van der Waals surface area contributed by atoms with Crippen molar-refractivity contribution in [3.05, 3.63) is 29.8 Å². The Balaban J connectivity index is 1.42. The molecule has 2 atom stereocenters. The zero-order valence-corrected chi connectivity index (χ0v) is 14.8. The predicted octanol–water partition coefficient (Wildman–Crippen LogP) is 2.04. The van der Waals surface area contributed by atoms with Crippen LogP contribution in [-0.2, 0) is 16.0 Å². The number of ether oxygens (including phenoxy) is 1. The third-order valence-electron chi connectivity index (χ3n) is 6.06. The number of piperidine rings is 1. The predicted molar refractivity (Wildman–Crippen MR) is 95.4 cm³/mol. The van der Waals surface area contributed by atoms with Crippen molar-refractivity contribution in [2.45, 2.75) is 44.2 Å². The van der Waals surface area contributed by atoms with Crippen molar-refractivity contribution in [1.82, 2.24) is 9.80 Å². The number of aromatic hydroxyl groups is 1. The molecule has 4 aliphatic heterocycles. The summed E-state index contributed by atoms with van der Waals surface area (Å²) in [7, 11) is 0. The smallest absolute Gasteiger partial charge is 0.227 e. The molecule has 0 radical (unpaired) electrons. The third kappa shape index (κ3) is 3.82. The number of phenols is 1. The van der Waals surface area contributed by atoms with E-state index in [0.717, 1.165) is 57.7 Å². The number of phenolic OH excluding ortho intramolecular Hbond substituents is 1. The fraction of sp³-hybridized carbons (Fsp3) is 0.650. The number of fused-ring (bicyclic) bond motifs is 4.